The average Bonchev–Trinajstić information content (AvgIpc) is 2.36. The molecule has 0 saturated carbocycles. The number of carbonyl (C=O) groups is 1. The molecule has 0 fully saturated rings. The van der Waals surface area contributed by atoms with Crippen molar-refractivity contribution in [3.63, 3.8) is 0 Å². The number of aromatic nitrogens is 1. The summed E-state index contributed by atoms with van der Waals surface area (Å²) in [5, 5.41) is 3.39. The molecular formula is C15H14Cl2N2O. The third kappa shape index (κ3) is 3.11. The van der Waals surface area contributed by atoms with Gasteiger partial charge in [0.2, 0.25) is 0 Å². The number of pyridine rings is 1. The molecule has 0 aliphatic rings. The van der Waals surface area contributed by atoms with Crippen LogP contribution in [0.5, 0.6) is 0 Å². The number of hydrogen-bond acceptors (Lipinski definition) is 2. The minimum absolute atomic E-state index is 0.233. The minimum atomic E-state index is -0.297. The second-order valence-corrected chi connectivity index (χ2v) is 5.51. The highest BCUT2D eigenvalue weighted by molar-refractivity contribution is 6.35. The number of rotatable bonds is 2. The number of benzene rings is 1. The molecule has 0 aliphatic heterocycles. The summed E-state index contributed by atoms with van der Waals surface area (Å²) in [5.41, 5.74) is 4.28. The zero-order valence-corrected chi connectivity index (χ0v) is 12.9. The number of nitrogens with zero attached hydrogens (tertiary/aromatic N) is 1. The van der Waals surface area contributed by atoms with Crippen LogP contribution in [0.1, 0.15) is 27.0 Å². The van der Waals surface area contributed by atoms with Gasteiger partial charge in [0.05, 0.1) is 10.6 Å². The van der Waals surface area contributed by atoms with E-state index in [2.05, 4.69) is 10.3 Å². The molecule has 1 aromatic heterocycles. The van der Waals surface area contributed by atoms with E-state index in [1.54, 1.807) is 0 Å². The maximum Gasteiger partial charge on any atom is 0.257 e. The van der Waals surface area contributed by atoms with E-state index in [-0.39, 0.29) is 16.1 Å². The Bertz CT molecular complexity index is 661. The standard InChI is InChI=1S/C15H14Cl2N2O/c1-8-4-9(2)14(10(3)5-8)19-15(20)11-6-13(17)18-7-12(11)16/h4-7H,1-3H3,(H,19,20). The number of amides is 1. The summed E-state index contributed by atoms with van der Waals surface area (Å²) in [7, 11) is 0. The highest BCUT2D eigenvalue weighted by atomic mass is 35.5. The number of anilines is 1. The molecule has 0 saturated heterocycles. The molecule has 104 valence electrons. The zero-order valence-electron chi connectivity index (χ0n) is 11.4. The Kier molecular flexibility index (Phi) is 4.31. The van der Waals surface area contributed by atoms with Crippen molar-refractivity contribution in [1.29, 1.82) is 0 Å². The van der Waals surface area contributed by atoms with Crippen molar-refractivity contribution in [1.82, 2.24) is 4.98 Å². The van der Waals surface area contributed by atoms with E-state index >= 15 is 0 Å². The van der Waals surface area contributed by atoms with Crippen molar-refractivity contribution >= 4 is 34.8 Å². The maximum atomic E-state index is 12.3. The Hall–Kier alpha value is -1.58. The molecule has 3 nitrogen and oxygen atoms in total. The highest BCUT2D eigenvalue weighted by Crippen LogP contribution is 2.24. The molecule has 1 N–H and O–H groups in total. The Labute approximate surface area is 127 Å². The lowest BCUT2D eigenvalue weighted by Crippen LogP contribution is -2.14. The maximum absolute atomic E-state index is 12.3. The molecule has 2 aromatic rings. The first-order valence-corrected chi connectivity index (χ1v) is 6.84. The molecule has 2 rings (SSSR count). The Balaban J connectivity index is 2.35. The van der Waals surface area contributed by atoms with Gasteiger partial charge >= 0.3 is 0 Å². The quantitative estimate of drug-likeness (QED) is 0.826. The van der Waals surface area contributed by atoms with Gasteiger partial charge in [-0.05, 0) is 38.0 Å². The van der Waals surface area contributed by atoms with Crippen LogP contribution in [0.3, 0.4) is 0 Å². The molecular weight excluding hydrogens is 295 g/mol. The molecule has 0 aliphatic carbocycles. The SMILES string of the molecule is Cc1cc(C)c(NC(=O)c2cc(Cl)ncc2Cl)c(C)c1. The van der Waals surface area contributed by atoms with Crippen LogP contribution in [0.25, 0.3) is 0 Å². The molecule has 0 bridgehead atoms. The molecule has 20 heavy (non-hydrogen) atoms. The van der Waals surface area contributed by atoms with Gasteiger partial charge in [-0.2, -0.15) is 0 Å². The van der Waals surface area contributed by atoms with Gasteiger partial charge in [0.15, 0.2) is 0 Å². The van der Waals surface area contributed by atoms with Gasteiger partial charge in [-0.3, -0.25) is 4.79 Å². The second-order valence-electron chi connectivity index (χ2n) is 4.71. The number of halogens is 2. The first-order valence-electron chi connectivity index (χ1n) is 6.08. The van der Waals surface area contributed by atoms with Crippen LogP contribution >= 0.6 is 23.2 Å². The van der Waals surface area contributed by atoms with Crippen LogP contribution in [-0.2, 0) is 0 Å². The van der Waals surface area contributed by atoms with Crippen LogP contribution in [0.2, 0.25) is 10.2 Å². The summed E-state index contributed by atoms with van der Waals surface area (Å²) in [4.78, 5) is 16.1. The molecule has 5 heteroatoms. The molecule has 1 aromatic carbocycles. The number of nitrogens with one attached hydrogen (secondary N) is 1. The first-order chi connectivity index (χ1) is 9.38. The predicted molar refractivity (Wildman–Crippen MR) is 82.9 cm³/mol. The third-order valence-corrected chi connectivity index (χ3v) is 3.49. The molecule has 0 unspecified atom stereocenters. The van der Waals surface area contributed by atoms with E-state index in [0.29, 0.717) is 5.56 Å². The van der Waals surface area contributed by atoms with E-state index in [0.717, 1.165) is 22.4 Å². The predicted octanol–water partition coefficient (Wildman–Crippen LogP) is 4.57. The lowest BCUT2D eigenvalue weighted by Gasteiger charge is -2.13. The Morgan fingerprint density at radius 2 is 1.70 bits per heavy atom. The van der Waals surface area contributed by atoms with Crippen LogP contribution in [0.4, 0.5) is 5.69 Å². The number of aryl methyl sites for hydroxylation is 3. The monoisotopic (exact) mass is 308 g/mol. The van der Waals surface area contributed by atoms with Gasteiger partial charge in [-0.15, -0.1) is 0 Å². The Morgan fingerprint density at radius 1 is 1.10 bits per heavy atom. The fraction of sp³-hybridized carbons (Fsp3) is 0.200. The van der Waals surface area contributed by atoms with E-state index < -0.39 is 0 Å². The van der Waals surface area contributed by atoms with Crippen LogP contribution in [0, 0.1) is 20.8 Å². The lowest BCUT2D eigenvalue weighted by molar-refractivity contribution is 0.102. The zero-order chi connectivity index (χ0) is 14.9. The molecule has 0 spiro atoms. The lowest BCUT2D eigenvalue weighted by atomic mass is 10.0. The summed E-state index contributed by atoms with van der Waals surface area (Å²) >= 11 is 11.8. The van der Waals surface area contributed by atoms with Crippen molar-refractivity contribution in [2.24, 2.45) is 0 Å². The topological polar surface area (TPSA) is 42.0 Å². The van der Waals surface area contributed by atoms with Crippen molar-refractivity contribution in [3.8, 4) is 0 Å². The summed E-state index contributed by atoms with van der Waals surface area (Å²) in [5.74, 6) is -0.297. The second kappa shape index (κ2) is 5.81. The third-order valence-electron chi connectivity index (χ3n) is 2.98. The van der Waals surface area contributed by atoms with E-state index in [1.165, 1.54) is 12.3 Å². The smallest absolute Gasteiger partial charge is 0.257 e. The minimum Gasteiger partial charge on any atom is -0.321 e. The van der Waals surface area contributed by atoms with Gasteiger partial charge in [-0.1, -0.05) is 40.9 Å². The van der Waals surface area contributed by atoms with Crippen molar-refractivity contribution in [2.75, 3.05) is 5.32 Å². The fourth-order valence-corrected chi connectivity index (χ4v) is 2.49. The first kappa shape index (κ1) is 14.8. The summed E-state index contributed by atoms with van der Waals surface area (Å²) in [6.45, 7) is 5.93. The van der Waals surface area contributed by atoms with Gasteiger partial charge in [-0.25, -0.2) is 4.98 Å². The molecule has 0 radical (unpaired) electrons. The average molecular weight is 309 g/mol. The summed E-state index contributed by atoms with van der Waals surface area (Å²) < 4.78 is 0. The molecule has 0 atom stereocenters. The largest absolute Gasteiger partial charge is 0.321 e. The van der Waals surface area contributed by atoms with Crippen LogP contribution < -0.4 is 5.32 Å². The highest BCUT2D eigenvalue weighted by Gasteiger charge is 2.14. The Morgan fingerprint density at radius 3 is 2.30 bits per heavy atom. The van der Waals surface area contributed by atoms with Gasteiger partial charge in [0.1, 0.15) is 5.15 Å². The van der Waals surface area contributed by atoms with Gasteiger partial charge in [0.25, 0.3) is 5.91 Å². The molecule has 1 amide bonds. The van der Waals surface area contributed by atoms with Crippen LogP contribution in [-0.4, -0.2) is 10.9 Å². The molecule has 1 heterocycles. The summed E-state index contributed by atoms with van der Waals surface area (Å²) in [6, 6.07) is 5.49. The van der Waals surface area contributed by atoms with Gasteiger partial charge in [0, 0.05) is 11.9 Å². The number of hydrogen-bond donors (Lipinski definition) is 1. The van der Waals surface area contributed by atoms with E-state index in [9.17, 15) is 4.79 Å². The van der Waals surface area contributed by atoms with E-state index in [1.807, 2.05) is 32.9 Å². The van der Waals surface area contributed by atoms with Crippen molar-refractivity contribution in [3.05, 3.63) is 56.8 Å². The van der Waals surface area contributed by atoms with Crippen LogP contribution in [0.15, 0.2) is 24.4 Å². The summed E-state index contributed by atoms with van der Waals surface area (Å²) in [6.07, 6.45) is 1.37. The van der Waals surface area contributed by atoms with Gasteiger partial charge < -0.3 is 5.32 Å². The normalized spacial score (nSPS) is 10.4. The van der Waals surface area contributed by atoms with E-state index in [4.69, 9.17) is 23.2 Å². The fourth-order valence-electron chi connectivity index (χ4n) is 2.15. The van der Waals surface area contributed by atoms with Crippen molar-refractivity contribution < 1.29 is 4.79 Å². The number of carbonyl (C=O) groups excluding carboxylic acids is 1. The van der Waals surface area contributed by atoms with Crippen molar-refractivity contribution in [2.45, 2.75) is 20.8 Å².